The lowest BCUT2D eigenvalue weighted by Gasteiger charge is -2.13. The summed E-state index contributed by atoms with van der Waals surface area (Å²) in [7, 11) is 0. The molecule has 0 radical (unpaired) electrons. The van der Waals surface area contributed by atoms with Crippen molar-refractivity contribution in [3.8, 4) is 0 Å². The van der Waals surface area contributed by atoms with E-state index in [0.29, 0.717) is 12.0 Å². The van der Waals surface area contributed by atoms with E-state index in [4.69, 9.17) is 9.47 Å². The van der Waals surface area contributed by atoms with Gasteiger partial charge in [0.05, 0.1) is 13.2 Å². The SMILES string of the molecule is CCOCC(C)NCCOCC(C)C. The van der Waals surface area contributed by atoms with Gasteiger partial charge in [0, 0.05) is 25.8 Å². The first-order valence-corrected chi connectivity index (χ1v) is 5.55. The van der Waals surface area contributed by atoms with Crippen LogP contribution in [0.1, 0.15) is 27.7 Å². The van der Waals surface area contributed by atoms with Crippen LogP contribution in [-0.4, -0.2) is 39.0 Å². The molecule has 0 aliphatic rings. The highest BCUT2D eigenvalue weighted by molar-refractivity contribution is 4.58. The van der Waals surface area contributed by atoms with Crippen LogP contribution in [0.25, 0.3) is 0 Å². The van der Waals surface area contributed by atoms with Crippen molar-refractivity contribution in [3.63, 3.8) is 0 Å². The first-order valence-electron chi connectivity index (χ1n) is 5.55. The van der Waals surface area contributed by atoms with Crippen LogP contribution in [0, 0.1) is 5.92 Å². The predicted octanol–water partition coefficient (Wildman–Crippen LogP) is 1.67. The van der Waals surface area contributed by atoms with E-state index >= 15 is 0 Å². The molecule has 0 aromatic carbocycles. The fourth-order valence-corrected chi connectivity index (χ4v) is 1.05. The summed E-state index contributed by atoms with van der Waals surface area (Å²) in [6.07, 6.45) is 0. The average molecular weight is 203 g/mol. The van der Waals surface area contributed by atoms with Crippen LogP contribution in [0.2, 0.25) is 0 Å². The summed E-state index contributed by atoms with van der Waals surface area (Å²) >= 11 is 0. The Labute approximate surface area is 88.2 Å². The fourth-order valence-electron chi connectivity index (χ4n) is 1.05. The van der Waals surface area contributed by atoms with E-state index in [1.165, 1.54) is 0 Å². The summed E-state index contributed by atoms with van der Waals surface area (Å²) in [6.45, 7) is 12.6. The Hall–Kier alpha value is -0.120. The molecular formula is C11H25NO2. The van der Waals surface area contributed by atoms with Crippen LogP contribution in [-0.2, 0) is 9.47 Å². The Bertz CT molecular complexity index is 118. The number of rotatable bonds is 9. The summed E-state index contributed by atoms with van der Waals surface area (Å²) in [5.41, 5.74) is 0. The van der Waals surface area contributed by atoms with Gasteiger partial charge in [0.15, 0.2) is 0 Å². The van der Waals surface area contributed by atoms with Crippen LogP contribution >= 0.6 is 0 Å². The molecule has 0 aromatic heterocycles. The van der Waals surface area contributed by atoms with Gasteiger partial charge in [-0.2, -0.15) is 0 Å². The van der Waals surface area contributed by atoms with Gasteiger partial charge >= 0.3 is 0 Å². The van der Waals surface area contributed by atoms with Gasteiger partial charge in [-0.3, -0.25) is 0 Å². The second-order valence-electron chi connectivity index (χ2n) is 3.98. The molecule has 0 saturated heterocycles. The maximum absolute atomic E-state index is 5.45. The zero-order valence-electron chi connectivity index (χ0n) is 10.0. The van der Waals surface area contributed by atoms with E-state index in [2.05, 4.69) is 26.1 Å². The normalized spacial score (nSPS) is 13.5. The summed E-state index contributed by atoms with van der Waals surface area (Å²) in [5, 5.41) is 3.34. The fraction of sp³-hybridized carbons (Fsp3) is 1.00. The summed E-state index contributed by atoms with van der Waals surface area (Å²) < 4.78 is 10.7. The number of hydrogen-bond acceptors (Lipinski definition) is 3. The third-order valence-corrected chi connectivity index (χ3v) is 1.76. The maximum atomic E-state index is 5.45. The summed E-state index contributed by atoms with van der Waals surface area (Å²) in [4.78, 5) is 0. The van der Waals surface area contributed by atoms with E-state index in [1.54, 1.807) is 0 Å². The summed E-state index contributed by atoms with van der Waals surface area (Å²) in [5.74, 6) is 0.621. The van der Waals surface area contributed by atoms with Gasteiger partial charge in [0.2, 0.25) is 0 Å². The van der Waals surface area contributed by atoms with E-state index in [-0.39, 0.29) is 0 Å². The first-order chi connectivity index (χ1) is 6.66. The molecule has 0 fully saturated rings. The molecule has 0 spiro atoms. The molecule has 3 nitrogen and oxygen atoms in total. The third kappa shape index (κ3) is 9.96. The van der Waals surface area contributed by atoms with Crippen molar-refractivity contribution in [3.05, 3.63) is 0 Å². The first kappa shape index (κ1) is 13.9. The predicted molar refractivity (Wildman–Crippen MR) is 59.6 cm³/mol. The largest absolute Gasteiger partial charge is 0.380 e. The van der Waals surface area contributed by atoms with Crippen molar-refractivity contribution in [2.75, 3.05) is 33.0 Å². The van der Waals surface area contributed by atoms with Crippen molar-refractivity contribution in [1.29, 1.82) is 0 Å². The van der Waals surface area contributed by atoms with Gasteiger partial charge in [0.25, 0.3) is 0 Å². The molecule has 1 unspecified atom stereocenters. The molecule has 0 aliphatic carbocycles. The standard InChI is InChI=1S/C11H25NO2/c1-5-13-9-11(4)12-6-7-14-8-10(2)3/h10-12H,5-9H2,1-4H3. The van der Waals surface area contributed by atoms with Crippen LogP contribution in [0.3, 0.4) is 0 Å². The number of hydrogen-bond donors (Lipinski definition) is 1. The molecule has 0 amide bonds. The molecular weight excluding hydrogens is 178 g/mol. The molecule has 0 heterocycles. The molecule has 86 valence electrons. The maximum Gasteiger partial charge on any atom is 0.0616 e. The quantitative estimate of drug-likeness (QED) is 0.578. The second-order valence-corrected chi connectivity index (χ2v) is 3.98. The van der Waals surface area contributed by atoms with E-state index in [9.17, 15) is 0 Å². The number of ether oxygens (including phenoxy) is 2. The van der Waals surface area contributed by atoms with E-state index in [0.717, 1.165) is 33.0 Å². The lowest BCUT2D eigenvalue weighted by Crippen LogP contribution is -2.33. The highest BCUT2D eigenvalue weighted by Gasteiger charge is 1.99. The van der Waals surface area contributed by atoms with Gasteiger partial charge in [-0.25, -0.2) is 0 Å². The summed E-state index contributed by atoms with van der Waals surface area (Å²) in [6, 6.07) is 0.414. The van der Waals surface area contributed by atoms with Crippen LogP contribution in [0.5, 0.6) is 0 Å². The van der Waals surface area contributed by atoms with Gasteiger partial charge in [-0.1, -0.05) is 13.8 Å². The number of nitrogens with one attached hydrogen (secondary N) is 1. The smallest absolute Gasteiger partial charge is 0.0616 e. The van der Waals surface area contributed by atoms with Crippen LogP contribution in [0.4, 0.5) is 0 Å². The molecule has 0 aliphatic heterocycles. The topological polar surface area (TPSA) is 30.5 Å². The molecule has 1 N–H and O–H groups in total. The molecule has 3 heteroatoms. The highest BCUT2D eigenvalue weighted by Crippen LogP contribution is 1.91. The van der Waals surface area contributed by atoms with E-state index < -0.39 is 0 Å². The van der Waals surface area contributed by atoms with E-state index in [1.807, 2.05) is 6.92 Å². The van der Waals surface area contributed by atoms with Crippen molar-refractivity contribution < 1.29 is 9.47 Å². The minimum absolute atomic E-state index is 0.414. The van der Waals surface area contributed by atoms with Crippen molar-refractivity contribution in [2.45, 2.75) is 33.7 Å². The zero-order chi connectivity index (χ0) is 10.8. The average Bonchev–Trinajstić information content (AvgIpc) is 2.13. The second kappa shape index (κ2) is 9.44. The minimum Gasteiger partial charge on any atom is -0.380 e. The Morgan fingerprint density at radius 3 is 2.36 bits per heavy atom. The molecule has 0 saturated carbocycles. The van der Waals surface area contributed by atoms with Gasteiger partial charge < -0.3 is 14.8 Å². The Balaban J connectivity index is 3.10. The molecule has 0 aromatic rings. The molecule has 0 bridgehead atoms. The van der Waals surface area contributed by atoms with Crippen molar-refractivity contribution in [1.82, 2.24) is 5.32 Å². The van der Waals surface area contributed by atoms with Crippen LogP contribution < -0.4 is 5.32 Å². The zero-order valence-corrected chi connectivity index (χ0v) is 10.0. The Morgan fingerprint density at radius 2 is 1.79 bits per heavy atom. The Kier molecular flexibility index (Phi) is 9.35. The lowest BCUT2D eigenvalue weighted by molar-refractivity contribution is 0.0990. The van der Waals surface area contributed by atoms with Crippen LogP contribution in [0.15, 0.2) is 0 Å². The molecule has 0 rings (SSSR count). The molecule has 14 heavy (non-hydrogen) atoms. The minimum atomic E-state index is 0.414. The highest BCUT2D eigenvalue weighted by atomic mass is 16.5. The lowest BCUT2D eigenvalue weighted by atomic mass is 10.2. The monoisotopic (exact) mass is 203 g/mol. The Morgan fingerprint density at radius 1 is 1.07 bits per heavy atom. The van der Waals surface area contributed by atoms with Crippen molar-refractivity contribution >= 4 is 0 Å². The van der Waals surface area contributed by atoms with Gasteiger partial charge in [-0.15, -0.1) is 0 Å². The van der Waals surface area contributed by atoms with Crippen molar-refractivity contribution in [2.24, 2.45) is 5.92 Å². The van der Waals surface area contributed by atoms with Gasteiger partial charge in [0.1, 0.15) is 0 Å². The van der Waals surface area contributed by atoms with Gasteiger partial charge in [-0.05, 0) is 19.8 Å². The molecule has 1 atom stereocenters. The third-order valence-electron chi connectivity index (χ3n) is 1.76.